The fourth-order valence-corrected chi connectivity index (χ4v) is 9.22. The molecule has 49 heavy (non-hydrogen) atoms. The molecule has 7 heteroatoms. The monoisotopic (exact) mass is 625 g/mol. The lowest BCUT2D eigenvalue weighted by Crippen LogP contribution is -2.57. The van der Waals surface area contributed by atoms with Gasteiger partial charge in [-0.1, -0.05) is 78.9 Å². The number of rotatable bonds is 0. The normalized spacial score (nSPS) is 14.3. The van der Waals surface area contributed by atoms with Crippen LogP contribution in [0.4, 0.5) is 0 Å². The number of benzene rings is 7. The number of fused-ring (bicyclic) bond motifs is 14. The first-order valence-electron chi connectivity index (χ1n) is 16.7. The van der Waals surface area contributed by atoms with Crippen LogP contribution in [0, 0.1) is 0 Å². The number of para-hydroxylation sites is 3. The predicted octanol–water partition coefficient (Wildman–Crippen LogP) is 6.29. The number of nitrogens with zero attached hydrogens (tertiary/aromatic N) is 1. The summed E-state index contributed by atoms with van der Waals surface area (Å²) in [6.45, 7) is 0.0441. The second-order valence-corrected chi connectivity index (χ2v) is 13.5. The molecule has 0 saturated carbocycles. The number of aromatic nitrogens is 1. The van der Waals surface area contributed by atoms with Crippen molar-refractivity contribution in [1.29, 1.82) is 0 Å². The molecule has 7 aromatic carbocycles. The molecular weight excluding hydrogens is 604 g/mol. The van der Waals surface area contributed by atoms with Gasteiger partial charge in [-0.15, -0.1) is 0 Å². The quantitative estimate of drug-likeness (QED) is 0.186. The second-order valence-electron chi connectivity index (χ2n) is 13.5. The highest BCUT2D eigenvalue weighted by Crippen LogP contribution is 2.44. The maximum absolute atomic E-state index is 6.73. The fraction of sp³-hybridized carbons (Fsp3) is 0. The molecule has 0 unspecified atom stereocenters. The van der Waals surface area contributed by atoms with Gasteiger partial charge >= 0.3 is 0 Å². The first kappa shape index (κ1) is 24.8. The summed E-state index contributed by atoms with van der Waals surface area (Å²) in [5, 5.41) is 4.88. The van der Waals surface area contributed by atoms with E-state index in [-0.39, 0.29) is 13.4 Å². The van der Waals surface area contributed by atoms with Crippen molar-refractivity contribution in [3.8, 4) is 46.0 Å². The Bertz CT molecular complexity index is 2790. The molecule has 9 aromatic rings. The lowest BCUT2D eigenvalue weighted by Gasteiger charge is -2.33. The first-order chi connectivity index (χ1) is 24.3. The van der Waals surface area contributed by atoms with Crippen molar-refractivity contribution in [2.45, 2.75) is 0 Å². The molecule has 0 aliphatic carbocycles. The highest BCUT2D eigenvalue weighted by Gasteiger charge is 2.42. The molecule has 4 aliphatic rings. The van der Waals surface area contributed by atoms with Crippen molar-refractivity contribution in [1.82, 2.24) is 4.40 Å². The van der Waals surface area contributed by atoms with Gasteiger partial charge in [0.25, 0.3) is 13.4 Å². The van der Waals surface area contributed by atoms with Crippen molar-refractivity contribution in [3.63, 3.8) is 0 Å². The summed E-state index contributed by atoms with van der Waals surface area (Å²) in [6.07, 6.45) is 0. The molecule has 0 saturated heterocycles. The van der Waals surface area contributed by atoms with E-state index in [1.54, 1.807) is 0 Å². The molecule has 0 amide bonds. The minimum atomic E-state index is 0.0221. The molecule has 224 valence electrons. The van der Waals surface area contributed by atoms with Gasteiger partial charge in [0.1, 0.15) is 46.0 Å². The summed E-state index contributed by atoms with van der Waals surface area (Å²) in [5.41, 5.74) is 10.3. The van der Waals surface area contributed by atoms with Crippen LogP contribution in [-0.2, 0) is 0 Å². The highest BCUT2D eigenvalue weighted by atomic mass is 16.5. The summed E-state index contributed by atoms with van der Waals surface area (Å²) in [6, 6.07) is 44.9. The van der Waals surface area contributed by atoms with Gasteiger partial charge in [-0.25, -0.2) is 0 Å². The third-order valence-corrected chi connectivity index (χ3v) is 11.2. The molecule has 0 radical (unpaired) electrons. The predicted molar refractivity (Wildman–Crippen MR) is 196 cm³/mol. The minimum absolute atomic E-state index is 0.0221. The summed E-state index contributed by atoms with van der Waals surface area (Å²) in [7, 11) is 0. The maximum atomic E-state index is 6.73. The third kappa shape index (κ3) is 2.93. The van der Waals surface area contributed by atoms with Crippen LogP contribution in [0.3, 0.4) is 0 Å². The van der Waals surface area contributed by atoms with Gasteiger partial charge in [-0.2, -0.15) is 0 Å². The largest absolute Gasteiger partial charge is 0.458 e. The van der Waals surface area contributed by atoms with Crippen molar-refractivity contribution in [3.05, 3.63) is 127 Å². The zero-order valence-corrected chi connectivity index (χ0v) is 25.9. The second kappa shape index (κ2) is 8.38. The Hall–Kier alpha value is -6.33. The topological polar surface area (TPSA) is 41.3 Å². The van der Waals surface area contributed by atoms with Crippen molar-refractivity contribution < 1.29 is 18.9 Å². The van der Waals surface area contributed by atoms with Gasteiger partial charge < -0.3 is 23.3 Å². The molecule has 0 N–H and O–H groups in total. The van der Waals surface area contributed by atoms with Crippen LogP contribution in [0.15, 0.2) is 127 Å². The molecular formula is C42H21B2NO4. The smallest absolute Gasteiger partial charge is 0.260 e. The number of ether oxygens (including phenoxy) is 4. The Labute approximate surface area is 280 Å². The standard InChI is InChI=1S/C42H21B2NO4/c1-3-12-32-26(10-1)43-28-18-24-22-8-5-9-23-25-19-29-39(49-37-17-7-15-35-41(37)44(29)27-11-2-4-13-33(27)47-35)21-31(25)45(42(22)23)30(24)20-38(28)48-36-16-6-14-34(46-32)40(36)43/h1-21H. The fourth-order valence-electron chi connectivity index (χ4n) is 9.22. The zero-order valence-electron chi connectivity index (χ0n) is 25.9. The van der Waals surface area contributed by atoms with E-state index in [4.69, 9.17) is 18.9 Å². The maximum Gasteiger partial charge on any atom is 0.260 e. The van der Waals surface area contributed by atoms with E-state index < -0.39 is 0 Å². The molecule has 6 heterocycles. The Morgan fingerprint density at radius 2 is 0.755 bits per heavy atom. The van der Waals surface area contributed by atoms with Crippen molar-refractivity contribution in [2.24, 2.45) is 0 Å². The van der Waals surface area contributed by atoms with E-state index in [1.807, 2.05) is 36.4 Å². The van der Waals surface area contributed by atoms with Gasteiger partial charge in [-0.3, -0.25) is 0 Å². The molecule has 4 aliphatic heterocycles. The van der Waals surface area contributed by atoms with Crippen LogP contribution < -0.4 is 51.7 Å². The average molecular weight is 625 g/mol. The molecule has 0 spiro atoms. The van der Waals surface area contributed by atoms with Crippen LogP contribution in [0.2, 0.25) is 0 Å². The SMILES string of the molecule is c1ccc2c(c1)Oc1cccc3c1B2c1cc2c4cccc5c6cc7c(cc6n(c2cc1O3)c45)Oc1cccc2c1B7c1ccccc1O2. The Balaban J connectivity index is 1.10. The minimum Gasteiger partial charge on any atom is -0.458 e. The van der Waals surface area contributed by atoms with E-state index in [2.05, 4.69) is 95.4 Å². The first-order valence-corrected chi connectivity index (χ1v) is 16.7. The van der Waals surface area contributed by atoms with E-state index in [0.717, 1.165) is 89.8 Å². The van der Waals surface area contributed by atoms with Gasteiger partial charge in [-0.05, 0) is 58.2 Å². The van der Waals surface area contributed by atoms with E-state index in [1.165, 1.54) is 27.1 Å². The molecule has 0 fully saturated rings. The van der Waals surface area contributed by atoms with Crippen molar-refractivity contribution >= 4 is 84.3 Å². The summed E-state index contributed by atoms with van der Waals surface area (Å²) in [5.74, 6) is 6.96. The summed E-state index contributed by atoms with van der Waals surface area (Å²) in [4.78, 5) is 0. The van der Waals surface area contributed by atoms with Gasteiger partial charge in [0, 0.05) is 44.6 Å². The lowest BCUT2D eigenvalue weighted by atomic mass is 9.35. The summed E-state index contributed by atoms with van der Waals surface area (Å²) >= 11 is 0. The molecule has 0 atom stereocenters. The van der Waals surface area contributed by atoms with Crippen LogP contribution in [0.1, 0.15) is 0 Å². The summed E-state index contributed by atoms with van der Waals surface area (Å²) < 4.78 is 28.6. The van der Waals surface area contributed by atoms with Gasteiger partial charge in [0.2, 0.25) is 0 Å². The Morgan fingerprint density at radius 1 is 0.347 bits per heavy atom. The van der Waals surface area contributed by atoms with Crippen LogP contribution >= 0.6 is 0 Å². The number of hydrogen-bond acceptors (Lipinski definition) is 4. The van der Waals surface area contributed by atoms with Gasteiger partial charge in [0.05, 0.1) is 16.6 Å². The average Bonchev–Trinajstić information content (AvgIpc) is 3.64. The van der Waals surface area contributed by atoms with Crippen LogP contribution in [0.25, 0.3) is 38.1 Å². The highest BCUT2D eigenvalue weighted by molar-refractivity contribution is 6.99. The van der Waals surface area contributed by atoms with Crippen LogP contribution in [0.5, 0.6) is 46.0 Å². The molecule has 2 aromatic heterocycles. The Morgan fingerprint density at radius 3 is 1.24 bits per heavy atom. The molecule has 13 rings (SSSR count). The Kier molecular flexibility index (Phi) is 4.24. The zero-order chi connectivity index (χ0) is 31.5. The molecule has 5 nitrogen and oxygen atoms in total. The van der Waals surface area contributed by atoms with Crippen molar-refractivity contribution in [2.75, 3.05) is 0 Å². The van der Waals surface area contributed by atoms with Gasteiger partial charge in [0.15, 0.2) is 0 Å². The number of hydrogen-bond donors (Lipinski definition) is 0. The molecule has 0 bridgehead atoms. The van der Waals surface area contributed by atoms with Crippen LogP contribution in [-0.4, -0.2) is 17.8 Å². The van der Waals surface area contributed by atoms with E-state index in [9.17, 15) is 0 Å². The van der Waals surface area contributed by atoms with E-state index >= 15 is 0 Å². The third-order valence-electron chi connectivity index (χ3n) is 11.2. The van der Waals surface area contributed by atoms with E-state index in [0.29, 0.717) is 0 Å². The lowest BCUT2D eigenvalue weighted by molar-refractivity contribution is 0.464.